The number of nitrogens with zero attached hydrogens (tertiary/aromatic N) is 1. The van der Waals surface area contributed by atoms with Gasteiger partial charge in [0, 0.05) is 19.1 Å². The van der Waals surface area contributed by atoms with Gasteiger partial charge in [-0.25, -0.2) is 4.98 Å². The lowest BCUT2D eigenvalue weighted by Crippen LogP contribution is -2.32. The molecule has 0 amide bonds. The molecule has 1 heterocycles. The van der Waals surface area contributed by atoms with Gasteiger partial charge in [-0.15, -0.1) is 0 Å². The van der Waals surface area contributed by atoms with E-state index in [9.17, 15) is 0 Å². The van der Waals surface area contributed by atoms with Crippen LogP contribution in [-0.2, 0) is 17.7 Å². The van der Waals surface area contributed by atoms with Gasteiger partial charge < -0.3 is 14.5 Å². The van der Waals surface area contributed by atoms with E-state index >= 15 is 0 Å². The van der Waals surface area contributed by atoms with E-state index in [0.29, 0.717) is 12.1 Å². The molecule has 1 N–H and O–H groups in total. The molecule has 0 radical (unpaired) electrons. The van der Waals surface area contributed by atoms with E-state index in [1.165, 1.54) is 25.7 Å². The minimum absolute atomic E-state index is 0.485. The Bertz CT molecular complexity index is 381. The molecule has 100 valence electrons. The quantitative estimate of drug-likeness (QED) is 0.806. The molecule has 1 aromatic heterocycles. The molecule has 4 nitrogen and oxygen atoms in total. The average molecular weight is 250 g/mol. The number of hydrogen-bond acceptors (Lipinski definition) is 4. The van der Waals surface area contributed by atoms with Gasteiger partial charge in [-0.3, -0.25) is 0 Å². The van der Waals surface area contributed by atoms with E-state index in [1.807, 2.05) is 6.20 Å². The second-order valence-electron chi connectivity index (χ2n) is 5.49. The third-order valence-electron chi connectivity index (χ3n) is 3.81. The topological polar surface area (TPSA) is 47.3 Å². The fraction of sp³-hybridized carbons (Fsp3) is 0.786. The van der Waals surface area contributed by atoms with E-state index < -0.39 is 0 Å². The zero-order chi connectivity index (χ0) is 12.4. The fourth-order valence-electron chi connectivity index (χ4n) is 2.54. The fourth-order valence-corrected chi connectivity index (χ4v) is 2.54. The van der Waals surface area contributed by atoms with Crippen LogP contribution in [0, 0.1) is 5.92 Å². The van der Waals surface area contributed by atoms with Gasteiger partial charge in [0.25, 0.3) is 0 Å². The Hall–Kier alpha value is -0.870. The molecule has 2 aliphatic carbocycles. The van der Waals surface area contributed by atoms with Gasteiger partial charge in [0.15, 0.2) is 0 Å². The standard InChI is InChI=1S/C14H22N2O2/c1-2-17-12-5-10(6-12)7-13-8-16-14(18-13)9-15-11-3-4-11/h8,10-12,15H,2-7,9H2,1H3. The first-order valence-corrected chi connectivity index (χ1v) is 7.12. The third-order valence-corrected chi connectivity index (χ3v) is 3.81. The van der Waals surface area contributed by atoms with Crippen LogP contribution in [0.1, 0.15) is 44.3 Å². The van der Waals surface area contributed by atoms with Crippen LogP contribution in [0.25, 0.3) is 0 Å². The normalized spacial score (nSPS) is 27.2. The van der Waals surface area contributed by atoms with Crippen molar-refractivity contribution in [1.29, 1.82) is 0 Å². The van der Waals surface area contributed by atoms with Crippen LogP contribution in [-0.4, -0.2) is 23.7 Å². The van der Waals surface area contributed by atoms with Crippen molar-refractivity contribution in [3.63, 3.8) is 0 Å². The predicted octanol–water partition coefficient (Wildman–Crippen LogP) is 2.28. The number of nitrogens with one attached hydrogen (secondary N) is 1. The molecule has 0 aliphatic heterocycles. The highest BCUT2D eigenvalue weighted by Gasteiger charge is 2.30. The van der Waals surface area contributed by atoms with E-state index in [0.717, 1.165) is 37.1 Å². The molecule has 0 bridgehead atoms. The first-order chi connectivity index (χ1) is 8.83. The zero-order valence-electron chi connectivity index (χ0n) is 11.0. The molecule has 0 aromatic carbocycles. The maximum atomic E-state index is 5.75. The van der Waals surface area contributed by atoms with Crippen molar-refractivity contribution in [1.82, 2.24) is 10.3 Å². The summed E-state index contributed by atoms with van der Waals surface area (Å²) in [6.45, 7) is 3.66. The van der Waals surface area contributed by atoms with Gasteiger partial charge in [0.05, 0.1) is 18.8 Å². The van der Waals surface area contributed by atoms with Crippen LogP contribution in [0.4, 0.5) is 0 Å². The van der Waals surface area contributed by atoms with Gasteiger partial charge in [-0.05, 0) is 38.5 Å². The maximum absolute atomic E-state index is 5.75. The molecule has 2 aliphatic rings. The van der Waals surface area contributed by atoms with Gasteiger partial charge in [0.1, 0.15) is 5.76 Å². The summed E-state index contributed by atoms with van der Waals surface area (Å²) in [5.41, 5.74) is 0. The Balaban J connectivity index is 1.40. The van der Waals surface area contributed by atoms with Crippen molar-refractivity contribution in [2.24, 2.45) is 5.92 Å². The summed E-state index contributed by atoms with van der Waals surface area (Å²) < 4.78 is 11.3. The van der Waals surface area contributed by atoms with Crippen LogP contribution in [0.3, 0.4) is 0 Å². The highest BCUT2D eigenvalue weighted by atomic mass is 16.5. The van der Waals surface area contributed by atoms with Crippen molar-refractivity contribution < 1.29 is 9.15 Å². The summed E-state index contributed by atoms with van der Waals surface area (Å²) >= 11 is 0. The van der Waals surface area contributed by atoms with E-state index in [-0.39, 0.29) is 0 Å². The number of rotatable bonds is 7. The summed E-state index contributed by atoms with van der Waals surface area (Å²) in [5.74, 6) is 2.58. The Morgan fingerprint density at radius 3 is 3.00 bits per heavy atom. The monoisotopic (exact) mass is 250 g/mol. The highest BCUT2D eigenvalue weighted by molar-refractivity contribution is 4.99. The van der Waals surface area contributed by atoms with Gasteiger partial charge in [-0.1, -0.05) is 0 Å². The van der Waals surface area contributed by atoms with Crippen molar-refractivity contribution in [3.8, 4) is 0 Å². The SMILES string of the molecule is CCOC1CC(Cc2cnc(CNC3CC3)o2)C1. The molecular formula is C14H22N2O2. The van der Waals surface area contributed by atoms with E-state index in [2.05, 4.69) is 17.2 Å². The maximum Gasteiger partial charge on any atom is 0.208 e. The number of hydrogen-bond donors (Lipinski definition) is 1. The molecule has 3 rings (SSSR count). The summed E-state index contributed by atoms with van der Waals surface area (Å²) in [6, 6.07) is 0.707. The van der Waals surface area contributed by atoms with Crippen molar-refractivity contribution in [2.75, 3.05) is 6.61 Å². The molecule has 1 aromatic rings. The third kappa shape index (κ3) is 3.12. The summed E-state index contributed by atoms with van der Waals surface area (Å²) in [6.07, 6.45) is 8.33. The minimum atomic E-state index is 0.485. The molecule has 2 fully saturated rings. The summed E-state index contributed by atoms with van der Waals surface area (Å²) in [5, 5.41) is 3.42. The van der Waals surface area contributed by atoms with Crippen molar-refractivity contribution in [2.45, 2.75) is 57.7 Å². The molecule has 18 heavy (non-hydrogen) atoms. The van der Waals surface area contributed by atoms with E-state index in [4.69, 9.17) is 9.15 Å². The number of ether oxygens (including phenoxy) is 1. The largest absolute Gasteiger partial charge is 0.444 e. The van der Waals surface area contributed by atoms with Crippen LogP contribution < -0.4 is 5.32 Å². The molecule has 4 heteroatoms. The average Bonchev–Trinajstić information content (AvgIpc) is 3.04. The second kappa shape index (κ2) is 5.41. The Morgan fingerprint density at radius 1 is 1.44 bits per heavy atom. The van der Waals surface area contributed by atoms with Crippen LogP contribution in [0.2, 0.25) is 0 Å². The Labute approximate surface area is 108 Å². The lowest BCUT2D eigenvalue weighted by atomic mass is 9.79. The molecule has 0 saturated heterocycles. The van der Waals surface area contributed by atoms with Crippen molar-refractivity contribution >= 4 is 0 Å². The first-order valence-electron chi connectivity index (χ1n) is 7.12. The number of oxazole rings is 1. The lowest BCUT2D eigenvalue weighted by Gasteiger charge is -2.34. The molecule has 0 atom stereocenters. The molecule has 0 unspecified atom stereocenters. The van der Waals surface area contributed by atoms with Gasteiger partial charge in [0.2, 0.25) is 5.89 Å². The van der Waals surface area contributed by atoms with Gasteiger partial charge in [-0.2, -0.15) is 0 Å². The predicted molar refractivity (Wildman–Crippen MR) is 68.2 cm³/mol. The van der Waals surface area contributed by atoms with Crippen LogP contribution >= 0.6 is 0 Å². The van der Waals surface area contributed by atoms with Crippen LogP contribution in [0.5, 0.6) is 0 Å². The minimum Gasteiger partial charge on any atom is -0.444 e. The van der Waals surface area contributed by atoms with Crippen LogP contribution in [0.15, 0.2) is 10.6 Å². The lowest BCUT2D eigenvalue weighted by molar-refractivity contribution is -0.0252. The molecule has 0 spiro atoms. The van der Waals surface area contributed by atoms with Crippen molar-refractivity contribution in [3.05, 3.63) is 17.8 Å². The Kier molecular flexibility index (Phi) is 3.66. The first kappa shape index (κ1) is 12.2. The van der Waals surface area contributed by atoms with E-state index in [1.54, 1.807) is 0 Å². The number of aromatic nitrogens is 1. The zero-order valence-corrected chi connectivity index (χ0v) is 11.0. The smallest absolute Gasteiger partial charge is 0.208 e. The summed E-state index contributed by atoms with van der Waals surface area (Å²) in [4.78, 5) is 4.32. The summed E-state index contributed by atoms with van der Waals surface area (Å²) in [7, 11) is 0. The molecule has 2 saturated carbocycles. The molecular weight excluding hydrogens is 228 g/mol. The van der Waals surface area contributed by atoms with Gasteiger partial charge >= 0.3 is 0 Å². The Morgan fingerprint density at radius 2 is 2.28 bits per heavy atom. The highest BCUT2D eigenvalue weighted by Crippen LogP contribution is 2.33. The second-order valence-corrected chi connectivity index (χ2v) is 5.49.